The fourth-order valence-corrected chi connectivity index (χ4v) is 4.01. The van der Waals surface area contributed by atoms with Gasteiger partial charge >= 0.3 is 5.97 Å². The molecule has 48 heavy (non-hydrogen) atoms. The Morgan fingerprint density at radius 3 is 1.56 bits per heavy atom. The summed E-state index contributed by atoms with van der Waals surface area (Å²) in [6.07, 6.45) is 1.17. The smallest absolute Gasteiger partial charge is 0.326 e. The van der Waals surface area contributed by atoms with E-state index in [1.54, 1.807) is 0 Å². The van der Waals surface area contributed by atoms with Crippen molar-refractivity contribution < 1.29 is 53.7 Å². The Morgan fingerprint density at radius 1 is 0.625 bits per heavy atom. The molecule has 0 unspecified atom stereocenters. The first-order valence-electron chi connectivity index (χ1n) is 14.8. The van der Waals surface area contributed by atoms with E-state index in [0.29, 0.717) is 19.4 Å². The van der Waals surface area contributed by atoms with Crippen LogP contribution >= 0.6 is 25.3 Å². The van der Waals surface area contributed by atoms with E-state index >= 15 is 0 Å². The van der Waals surface area contributed by atoms with Gasteiger partial charge in [-0.25, -0.2) is 4.79 Å². The van der Waals surface area contributed by atoms with Gasteiger partial charge in [0.25, 0.3) is 0 Å². The molecule has 7 amide bonds. The first-order valence-corrected chi connectivity index (χ1v) is 16.0. The summed E-state index contributed by atoms with van der Waals surface area (Å²) >= 11 is 7.88. The Morgan fingerprint density at radius 2 is 1.10 bits per heavy atom. The third-order valence-corrected chi connectivity index (χ3v) is 7.25. The van der Waals surface area contributed by atoms with Gasteiger partial charge in [0.2, 0.25) is 41.4 Å². The first kappa shape index (κ1) is 44.3. The van der Waals surface area contributed by atoms with Gasteiger partial charge in [0.05, 0.1) is 25.8 Å². The number of carboxylic acids is 1. The zero-order chi connectivity index (χ0) is 37.0. The van der Waals surface area contributed by atoms with E-state index in [-0.39, 0.29) is 17.9 Å². The number of carbonyl (C=O) groups excluding carboxylic acids is 7. The number of carboxylic acid groups (broad SMARTS) is 1. The van der Waals surface area contributed by atoms with E-state index in [1.165, 1.54) is 13.8 Å². The molecule has 7 atom stereocenters. The SMILES string of the molecule is C[C@H](NC(=O)CNC(=O)[C@H](CS)NC(=O)[C@H](CO)NC(=O)[C@H](CO)NC(=O)[C@H](C)NC(=O)[C@@H](N)CS)C(=O)N[C@@H](CCCCN)C(=O)O. The number of nitrogens with one attached hydrogen (secondary N) is 7. The van der Waals surface area contributed by atoms with Crippen molar-refractivity contribution in [3.63, 3.8) is 0 Å². The van der Waals surface area contributed by atoms with Crippen molar-refractivity contribution in [1.82, 2.24) is 37.2 Å². The van der Waals surface area contributed by atoms with Crippen LogP contribution in [0, 0.1) is 0 Å². The number of nitrogens with two attached hydrogens (primary N) is 2. The minimum atomic E-state index is -1.66. The Labute approximate surface area is 287 Å². The van der Waals surface area contributed by atoms with Crippen LogP contribution in [0.25, 0.3) is 0 Å². The number of aliphatic carboxylic acids is 1. The second-order valence-electron chi connectivity index (χ2n) is 10.4. The van der Waals surface area contributed by atoms with Crippen molar-refractivity contribution in [3.05, 3.63) is 0 Å². The van der Waals surface area contributed by atoms with Gasteiger partial charge in [-0.1, -0.05) is 0 Å². The van der Waals surface area contributed by atoms with Gasteiger partial charge in [0.15, 0.2) is 0 Å². The fraction of sp³-hybridized carbons (Fsp3) is 0.692. The lowest BCUT2D eigenvalue weighted by Gasteiger charge is -2.24. The Balaban J connectivity index is 5.04. The molecule has 0 aromatic rings. The lowest BCUT2D eigenvalue weighted by Crippen LogP contribution is -2.60. The molecule has 0 radical (unpaired) electrons. The molecule has 0 fully saturated rings. The number of aliphatic hydroxyl groups is 2. The lowest BCUT2D eigenvalue weighted by atomic mass is 10.1. The summed E-state index contributed by atoms with van der Waals surface area (Å²) in [6, 6.07) is -9.14. The van der Waals surface area contributed by atoms with Gasteiger partial charge in [0, 0.05) is 11.5 Å². The molecule has 20 nitrogen and oxygen atoms in total. The molecule has 0 bridgehead atoms. The molecule has 0 rings (SSSR count). The fourth-order valence-electron chi connectivity index (χ4n) is 3.59. The quantitative estimate of drug-likeness (QED) is 0.0345. The number of hydrogen-bond donors (Lipinski definition) is 14. The highest BCUT2D eigenvalue weighted by Crippen LogP contribution is 2.02. The third kappa shape index (κ3) is 16.4. The van der Waals surface area contributed by atoms with Crippen molar-refractivity contribution in [1.29, 1.82) is 0 Å². The maximum Gasteiger partial charge on any atom is 0.326 e. The number of rotatable bonds is 23. The van der Waals surface area contributed by atoms with Crippen molar-refractivity contribution in [3.8, 4) is 0 Å². The van der Waals surface area contributed by atoms with Crippen LogP contribution in [0.2, 0.25) is 0 Å². The molecule has 0 aromatic heterocycles. The topological polar surface area (TPSA) is 334 Å². The normalized spacial score (nSPS) is 15.2. The third-order valence-electron chi connectivity index (χ3n) is 6.49. The predicted octanol–water partition coefficient (Wildman–Crippen LogP) is -6.56. The number of unbranched alkanes of at least 4 members (excludes halogenated alkanes) is 1. The highest BCUT2D eigenvalue weighted by atomic mass is 32.1. The van der Waals surface area contributed by atoms with E-state index in [9.17, 15) is 53.7 Å². The molecule has 0 aliphatic rings. The molecule has 274 valence electrons. The summed E-state index contributed by atoms with van der Waals surface area (Å²) in [6.45, 7) is 0.428. The largest absolute Gasteiger partial charge is 0.480 e. The number of hydrogen-bond acceptors (Lipinski definition) is 14. The number of carbonyl (C=O) groups is 8. The van der Waals surface area contributed by atoms with Crippen LogP contribution in [0.4, 0.5) is 0 Å². The Hall–Kier alpha value is -3.70. The van der Waals surface area contributed by atoms with Crippen LogP contribution in [0.1, 0.15) is 33.1 Å². The summed E-state index contributed by atoms with van der Waals surface area (Å²) in [5, 5.41) is 44.3. The zero-order valence-corrected chi connectivity index (χ0v) is 28.4. The van der Waals surface area contributed by atoms with Gasteiger partial charge in [-0.2, -0.15) is 25.3 Å². The second kappa shape index (κ2) is 23.6. The first-order chi connectivity index (χ1) is 22.6. The summed E-state index contributed by atoms with van der Waals surface area (Å²) in [5.41, 5.74) is 10.9. The van der Waals surface area contributed by atoms with Crippen molar-refractivity contribution >= 4 is 72.6 Å². The summed E-state index contributed by atoms with van der Waals surface area (Å²) in [5.74, 6) is -7.72. The average molecular weight is 726 g/mol. The average Bonchev–Trinajstić information content (AvgIpc) is 3.05. The van der Waals surface area contributed by atoms with Crippen molar-refractivity contribution in [2.75, 3.05) is 37.8 Å². The molecular formula is C26H47N9O11S2. The van der Waals surface area contributed by atoms with Gasteiger partial charge < -0.3 is 64.0 Å². The number of amides is 7. The molecule has 0 saturated heterocycles. The monoisotopic (exact) mass is 725 g/mol. The van der Waals surface area contributed by atoms with E-state index < -0.39 is 109 Å². The maximum atomic E-state index is 12.7. The molecule has 0 saturated carbocycles. The predicted molar refractivity (Wildman–Crippen MR) is 176 cm³/mol. The lowest BCUT2D eigenvalue weighted by molar-refractivity contribution is -0.142. The van der Waals surface area contributed by atoms with E-state index in [2.05, 4.69) is 62.5 Å². The molecule has 14 N–H and O–H groups in total. The molecule has 0 aromatic carbocycles. The maximum absolute atomic E-state index is 12.7. The standard InChI is InChI=1S/C26H47N9O11S2/c1-12(20(39)32-15(26(45)46)5-3-4-6-27)30-19(38)7-29-23(42)18(11-48)35-25(44)17(9-37)34-24(43)16(8-36)33-21(40)13(2)31-22(41)14(28)10-47/h12-18,36-37,47-48H,3-11,27-28H2,1-2H3,(H,29,42)(H,30,38)(H,31,41)(H,32,39)(H,33,40)(H,34,43)(H,35,44)(H,45,46)/t12-,13-,14-,15-,16-,17-,18-/m0/s1. The molecule has 0 heterocycles. The number of aliphatic hydroxyl groups excluding tert-OH is 2. The van der Waals surface area contributed by atoms with Crippen LogP contribution in [0.3, 0.4) is 0 Å². The van der Waals surface area contributed by atoms with Crippen LogP contribution in [-0.2, 0) is 38.4 Å². The van der Waals surface area contributed by atoms with Crippen LogP contribution in [0.5, 0.6) is 0 Å². The second-order valence-corrected chi connectivity index (χ2v) is 11.2. The van der Waals surface area contributed by atoms with E-state index in [1.807, 2.05) is 0 Å². The molecule has 0 aliphatic heterocycles. The summed E-state index contributed by atoms with van der Waals surface area (Å²) in [7, 11) is 0. The van der Waals surface area contributed by atoms with Crippen LogP contribution in [-0.4, -0.2) is 143 Å². The molecule has 0 spiro atoms. The van der Waals surface area contributed by atoms with Crippen molar-refractivity contribution in [2.24, 2.45) is 11.5 Å². The van der Waals surface area contributed by atoms with Crippen molar-refractivity contribution in [2.45, 2.75) is 75.4 Å². The van der Waals surface area contributed by atoms with E-state index in [4.69, 9.17) is 11.5 Å². The summed E-state index contributed by atoms with van der Waals surface area (Å²) in [4.78, 5) is 98.3. The Bertz CT molecular complexity index is 1130. The van der Waals surface area contributed by atoms with Gasteiger partial charge in [0.1, 0.15) is 36.3 Å². The van der Waals surface area contributed by atoms with Gasteiger partial charge in [-0.3, -0.25) is 33.6 Å². The van der Waals surface area contributed by atoms with Crippen LogP contribution in [0.15, 0.2) is 0 Å². The number of thiol groups is 2. The Kier molecular flexibility index (Phi) is 21.8. The summed E-state index contributed by atoms with van der Waals surface area (Å²) < 4.78 is 0. The molecular weight excluding hydrogens is 678 g/mol. The van der Waals surface area contributed by atoms with Gasteiger partial charge in [-0.15, -0.1) is 0 Å². The zero-order valence-electron chi connectivity index (χ0n) is 26.6. The molecule has 0 aliphatic carbocycles. The minimum absolute atomic E-state index is 0.00552. The minimum Gasteiger partial charge on any atom is -0.480 e. The van der Waals surface area contributed by atoms with E-state index in [0.717, 1.165) is 0 Å². The highest BCUT2D eigenvalue weighted by molar-refractivity contribution is 7.80. The molecule has 22 heteroatoms. The highest BCUT2D eigenvalue weighted by Gasteiger charge is 2.30. The van der Waals surface area contributed by atoms with Gasteiger partial charge in [-0.05, 0) is 39.7 Å². The van der Waals surface area contributed by atoms with Crippen LogP contribution < -0.4 is 48.7 Å².